The molecule has 3 aromatic rings. The van der Waals surface area contributed by atoms with Crippen LogP contribution in [-0.2, 0) is 14.3 Å². The molecule has 1 fully saturated rings. The topological polar surface area (TPSA) is 110 Å². The van der Waals surface area contributed by atoms with Crippen molar-refractivity contribution in [2.24, 2.45) is 5.92 Å². The van der Waals surface area contributed by atoms with E-state index in [-0.39, 0.29) is 6.47 Å². The summed E-state index contributed by atoms with van der Waals surface area (Å²) in [6.07, 6.45) is 0.350. The molecule has 10 heteroatoms. The highest BCUT2D eigenvalue weighted by Gasteiger charge is 2.61. The third kappa shape index (κ3) is 6.44. The predicted octanol–water partition coefficient (Wildman–Crippen LogP) is 5.39. The number of carbonyl (C=O) groups excluding carboxylic acids is 2. The Kier molecular flexibility index (Phi) is 7.85. The second-order valence-corrected chi connectivity index (χ2v) is 7.95. The molecular formula is C25H25F2N3O5. The Labute approximate surface area is 200 Å². The van der Waals surface area contributed by atoms with Crippen molar-refractivity contribution in [3.63, 3.8) is 0 Å². The molecule has 0 spiro atoms. The van der Waals surface area contributed by atoms with Crippen LogP contribution in [0.3, 0.4) is 0 Å². The number of benzene rings is 2. The van der Waals surface area contributed by atoms with Crippen LogP contribution in [0, 0.1) is 12.8 Å². The highest BCUT2D eigenvalue weighted by atomic mass is 19.3. The Balaban J connectivity index is 0.00000108. The van der Waals surface area contributed by atoms with E-state index in [1.165, 1.54) is 0 Å². The molecular weight excluding hydrogens is 460 g/mol. The molecule has 1 aromatic heterocycles. The third-order valence-corrected chi connectivity index (χ3v) is 5.44. The largest absolute Gasteiger partial charge is 0.483 e. The Morgan fingerprint density at radius 3 is 2.34 bits per heavy atom. The minimum atomic E-state index is -2.90. The van der Waals surface area contributed by atoms with Gasteiger partial charge in [0, 0.05) is 24.0 Å². The fourth-order valence-electron chi connectivity index (χ4n) is 3.54. The smallest absolute Gasteiger partial charge is 0.413 e. The molecule has 2 atom stereocenters. The first-order valence-electron chi connectivity index (χ1n) is 10.7. The van der Waals surface area contributed by atoms with E-state index in [0.717, 1.165) is 11.1 Å². The first-order chi connectivity index (χ1) is 16.7. The standard InChI is InChI=1S/C24H23F2N3O3.CH2O2/c1-15-6-3-4-7-19(15)16(2)32-23(31)28-21-8-5-13-29(21)18-11-9-17(10-12-18)27-22(30)20-14-24(20,25)26;2-1-3/h3-13,16,20H,14H2,1-2H3,(H,27,30)(H,28,31);1H,(H,2,3). The molecule has 2 amide bonds. The number of nitrogens with zero attached hydrogens (tertiary/aromatic N) is 1. The fraction of sp³-hybridized carbons (Fsp3) is 0.240. The number of halogens is 2. The van der Waals surface area contributed by atoms with Crippen LogP contribution in [0.2, 0.25) is 0 Å². The van der Waals surface area contributed by atoms with Crippen molar-refractivity contribution >= 4 is 30.0 Å². The molecule has 2 aromatic carbocycles. The van der Waals surface area contributed by atoms with Gasteiger partial charge in [-0.05, 0) is 61.4 Å². The van der Waals surface area contributed by atoms with E-state index < -0.39 is 36.4 Å². The van der Waals surface area contributed by atoms with Gasteiger partial charge >= 0.3 is 6.09 Å². The average Bonchev–Trinajstić information content (AvgIpc) is 3.22. The van der Waals surface area contributed by atoms with Gasteiger partial charge in [-0.15, -0.1) is 0 Å². The van der Waals surface area contributed by atoms with Gasteiger partial charge in [-0.1, -0.05) is 24.3 Å². The summed E-state index contributed by atoms with van der Waals surface area (Å²) in [6.45, 7) is 3.52. The molecule has 1 aliphatic rings. The first kappa shape index (κ1) is 25.4. The minimum Gasteiger partial charge on any atom is -0.483 e. The summed E-state index contributed by atoms with van der Waals surface area (Å²) in [7, 11) is 0. The molecule has 1 aliphatic carbocycles. The van der Waals surface area contributed by atoms with Crippen LogP contribution in [0.5, 0.6) is 0 Å². The van der Waals surface area contributed by atoms with Crippen molar-refractivity contribution in [2.45, 2.75) is 32.3 Å². The van der Waals surface area contributed by atoms with Crippen molar-refractivity contribution < 1.29 is 33.0 Å². The quantitative estimate of drug-likeness (QED) is 0.406. The lowest BCUT2D eigenvalue weighted by molar-refractivity contribution is -0.123. The number of aryl methyl sites for hydroxylation is 1. The Hall–Kier alpha value is -4.21. The number of hydrogen-bond acceptors (Lipinski definition) is 4. The third-order valence-electron chi connectivity index (χ3n) is 5.44. The molecule has 2 unspecified atom stereocenters. The lowest BCUT2D eigenvalue weighted by atomic mass is 10.1. The molecule has 0 bridgehead atoms. The number of aromatic nitrogens is 1. The van der Waals surface area contributed by atoms with Gasteiger partial charge < -0.3 is 19.7 Å². The highest BCUT2D eigenvalue weighted by molar-refractivity contribution is 5.95. The van der Waals surface area contributed by atoms with Gasteiger partial charge in [-0.25, -0.2) is 13.6 Å². The molecule has 8 nitrogen and oxygen atoms in total. The number of nitrogens with one attached hydrogen (secondary N) is 2. The summed E-state index contributed by atoms with van der Waals surface area (Å²) in [4.78, 5) is 32.6. The van der Waals surface area contributed by atoms with E-state index in [4.69, 9.17) is 14.6 Å². The summed E-state index contributed by atoms with van der Waals surface area (Å²) < 4.78 is 33.3. The van der Waals surface area contributed by atoms with Gasteiger partial charge in [0.1, 0.15) is 17.8 Å². The number of amides is 2. The summed E-state index contributed by atoms with van der Waals surface area (Å²) in [5.74, 6) is -4.34. The van der Waals surface area contributed by atoms with Crippen LogP contribution < -0.4 is 10.6 Å². The van der Waals surface area contributed by atoms with Crippen LogP contribution in [0.15, 0.2) is 66.9 Å². The number of carboxylic acid groups (broad SMARTS) is 1. The fourth-order valence-corrected chi connectivity index (χ4v) is 3.54. The molecule has 3 N–H and O–H groups in total. The lowest BCUT2D eigenvalue weighted by Gasteiger charge is -2.17. The summed E-state index contributed by atoms with van der Waals surface area (Å²) in [5, 5.41) is 12.1. The van der Waals surface area contributed by atoms with E-state index in [9.17, 15) is 18.4 Å². The van der Waals surface area contributed by atoms with E-state index in [2.05, 4.69) is 10.6 Å². The summed E-state index contributed by atoms with van der Waals surface area (Å²) in [5.41, 5.74) is 3.11. The molecule has 1 heterocycles. The van der Waals surface area contributed by atoms with Crippen molar-refractivity contribution in [1.82, 2.24) is 4.57 Å². The second-order valence-electron chi connectivity index (χ2n) is 7.95. The molecule has 35 heavy (non-hydrogen) atoms. The molecule has 0 radical (unpaired) electrons. The maximum atomic E-state index is 13.0. The number of alkyl halides is 2. The van der Waals surface area contributed by atoms with Crippen molar-refractivity contribution in [1.29, 1.82) is 0 Å². The number of hydrogen-bond donors (Lipinski definition) is 3. The van der Waals surface area contributed by atoms with E-state index in [1.807, 2.05) is 38.1 Å². The SMILES string of the molecule is Cc1ccccc1C(C)OC(=O)Nc1cccn1-c1ccc(NC(=O)C2CC2(F)F)cc1.O=CO. The summed E-state index contributed by atoms with van der Waals surface area (Å²) in [6, 6.07) is 17.9. The van der Waals surface area contributed by atoms with Crippen molar-refractivity contribution in [3.05, 3.63) is 78.0 Å². The maximum Gasteiger partial charge on any atom is 0.413 e. The lowest BCUT2D eigenvalue weighted by Crippen LogP contribution is -2.18. The first-order valence-corrected chi connectivity index (χ1v) is 10.7. The zero-order valence-corrected chi connectivity index (χ0v) is 19.1. The predicted molar refractivity (Wildman–Crippen MR) is 126 cm³/mol. The van der Waals surface area contributed by atoms with Gasteiger partial charge in [-0.2, -0.15) is 0 Å². The summed E-state index contributed by atoms with van der Waals surface area (Å²) >= 11 is 0. The molecule has 184 valence electrons. The van der Waals surface area contributed by atoms with E-state index >= 15 is 0 Å². The zero-order valence-electron chi connectivity index (χ0n) is 19.1. The maximum absolute atomic E-state index is 13.0. The van der Waals surface area contributed by atoms with Crippen LogP contribution in [0.1, 0.15) is 30.6 Å². The molecule has 0 saturated heterocycles. The number of ether oxygens (including phenoxy) is 1. The normalized spacial score (nSPS) is 16.2. The van der Waals surface area contributed by atoms with Crippen molar-refractivity contribution in [3.8, 4) is 5.69 Å². The Morgan fingerprint density at radius 1 is 1.11 bits per heavy atom. The van der Waals surface area contributed by atoms with Gasteiger partial charge in [0.15, 0.2) is 0 Å². The van der Waals surface area contributed by atoms with Crippen LogP contribution >= 0.6 is 0 Å². The van der Waals surface area contributed by atoms with Crippen molar-refractivity contribution in [2.75, 3.05) is 10.6 Å². The number of anilines is 2. The minimum absolute atomic E-state index is 0.250. The average molecular weight is 485 g/mol. The van der Waals surface area contributed by atoms with Gasteiger partial charge in [0.25, 0.3) is 12.4 Å². The molecule has 4 rings (SSSR count). The van der Waals surface area contributed by atoms with Crippen LogP contribution in [0.25, 0.3) is 5.69 Å². The number of rotatable bonds is 6. The Bertz CT molecular complexity index is 1190. The van der Waals surface area contributed by atoms with Gasteiger partial charge in [0.2, 0.25) is 5.91 Å². The Morgan fingerprint density at radius 2 is 1.74 bits per heavy atom. The van der Waals surface area contributed by atoms with Crippen LogP contribution in [-0.4, -0.2) is 34.1 Å². The van der Waals surface area contributed by atoms with E-state index in [1.54, 1.807) is 47.2 Å². The molecule has 1 saturated carbocycles. The van der Waals surface area contributed by atoms with Gasteiger partial charge in [0.05, 0.1) is 0 Å². The monoisotopic (exact) mass is 485 g/mol. The zero-order chi connectivity index (χ0) is 25.6. The van der Waals surface area contributed by atoms with Crippen LogP contribution in [0.4, 0.5) is 25.1 Å². The highest BCUT2D eigenvalue weighted by Crippen LogP contribution is 2.49. The second kappa shape index (κ2) is 10.8. The van der Waals surface area contributed by atoms with E-state index in [0.29, 0.717) is 17.2 Å². The van der Waals surface area contributed by atoms with Gasteiger partial charge in [-0.3, -0.25) is 14.9 Å². The molecule has 0 aliphatic heterocycles. The number of carbonyl (C=O) groups is 3.